The highest BCUT2D eigenvalue weighted by Gasteiger charge is 2.05. The van der Waals surface area contributed by atoms with Gasteiger partial charge in [0.2, 0.25) is 0 Å². The van der Waals surface area contributed by atoms with Crippen LogP contribution in [0.25, 0.3) is 0 Å². The van der Waals surface area contributed by atoms with Crippen LogP contribution in [0.2, 0.25) is 0 Å². The minimum atomic E-state index is -1.14. The van der Waals surface area contributed by atoms with Gasteiger partial charge < -0.3 is 15.3 Å². The van der Waals surface area contributed by atoms with Crippen LogP contribution in [0.5, 0.6) is 11.5 Å². The molecule has 0 spiro atoms. The quantitative estimate of drug-likeness (QED) is 0.660. The van der Waals surface area contributed by atoms with Crippen LogP contribution in [0.15, 0.2) is 54.6 Å². The van der Waals surface area contributed by atoms with Crippen LogP contribution in [0.4, 0.5) is 0 Å². The number of hydrogen-bond acceptors (Lipinski definition) is 3. The first-order chi connectivity index (χ1) is 8.11. The Balaban J connectivity index is 0.000000202. The Kier molecular flexibility index (Phi) is 4.57. The van der Waals surface area contributed by atoms with Crippen molar-refractivity contribution in [1.82, 2.24) is 0 Å². The number of aromatic carboxylic acids is 1. The highest BCUT2D eigenvalue weighted by molar-refractivity contribution is 5.88. The zero-order valence-corrected chi connectivity index (χ0v) is 8.95. The van der Waals surface area contributed by atoms with Gasteiger partial charge in [-0.15, -0.1) is 0 Å². The summed E-state index contributed by atoms with van der Waals surface area (Å²) in [5.41, 5.74) is -0.0553. The number of hydrogen-bond donors (Lipinski definition) is 3. The summed E-state index contributed by atoms with van der Waals surface area (Å²) in [6, 6.07) is 15.3. The first-order valence-electron chi connectivity index (χ1n) is 4.86. The third-order valence-corrected chi connectivity index (χ3v) is 1.89. The fourth-order valence-electron chi connectivity index (χ4n) is 1.04. The van der Waals surface area contributed by atoms with E-state index >= 15 is 0 Å². The molecule has 0 aromatic heterocycles. The van der Waals surface area contributed by atoms with E-state index in [0.717, 1.165) is 12.1 Å². The third-order valence-electron chi connectivity index (χ3n) is 1.89. The second-order valence-electron chi connectivity index (χ2n) is 3.16. The summed E-state index contributed by atoms with van der Waals surface area (Å²) in [4.78, 5) is 10.3. The summed E-state index contributed by atoms with van der Waals surface area (Å²) >= 11 is 0. The van der Waals surface area contributed by atoms with Gasteiger partial charge >= 0.3 is 5.97 Å². The van der Waals surface area contributed by atoms with Crippen molar-refractivity contribution in [2.75, 3.05) is 0 Å². The molecule has 4 nitrogen and oxygen atoms in total. The van der Waals surface area contributed by atoms with Gasteiger partial charge in [-0.3, -0.25) is 0 Å². The number of aromatic hydroxyl groups is 2. The molecule has 2 rings (SSSR count). The highest BCUT2D eigenvalue weighted by Crippen LogP contribution is 2.24. The molecule has 17 heavy (non-hydrogen) atoms. The van der Waals surface area contributed by atoms with Gasteiger partial charge in [-0.05, 0) is 18.2 Å². The van der Waals surface area contributed by atoms with Crippen molar-refractivity contribution in [2.45, 2.75) is 0 Å². The van der Waals surface area contributed by atoms with Crippen molar-refractivity contribution < 1.29 is 20.1 Å². The van der Waals surface area contributed by atoms with Crippen molar-refractivity contribution in [2.24, 2.45) is 0 Å². The average Bonchev–Trinajstić information content (AvgIpc) is 2.35. The lowest BCUT2D eigenvalue weighted by molar-refractivity contribution is 0.0696. The fourth-order valence-corrected chi connectivity index (χ4v) is 1.04. The topological polar surface area (TPSA) is 77.8 Å². The Morgan fingerprint density at radius 2 is 1.29 bits per heavy atom. The first-order valence-corrected chi connectivity index (χ1v) is 4.86. The smallest absolute Gasteiger partial charge is 0.335 e. The lowest BCUT2D eigenvalue weighted by Crippen LogP contribution is -1.94. The number of benzene rings is 2. The molecule has 2 aromatic rings. The van der Waals surface area contributed by atoms with Crippen LogP contribution >= 0.6 is 0 Å². The summed E-state index contributed by atoms with van der Waals surface area (Å²) in [6.45, 7) is 0. The van der Waals surface area contributed by atoms with E-state index < -0.39 is 11.7 Å². The summed E-state index contributed by atoms with van der Waals surface area (Å²) in [7, 11) is 0. The second kappa shape index (κ2) is 6.17. The van der Waals surface area contributed by atoms with Crippen LogP contribution in [0.1, 0.15) is 10.4 Å². The minimum Gasteiger partial charge on any atom is -0.504 e. The molecule has 3 N–H and O–H groups in total. The van der Waals surface area contributed by atoms with Gasteiger partial charge in [-0.2, -0.15) is 0 Å². The fraction of sp³-hybridized carbons (Fsp3) is 0. The molecule has 0 bridgehead atoms. The molecule has 0 aliphatic carbocycles. The van der Waals surface area contributed by atoms with Gasteiger partial charge in [0.05, 0.1) is 5.56 Å². The molecular formula is C13H12O4. The average molecular weight is 232 g/mol. The Labute approximate surface area is 98.4 Å². The van der Waals surface area contributed by atoms with E-state index in [1.54, 1.807) is 0 Å². The van der Waals surface area contributed by atoms with Crippen molar-refractivity contribution in [3.05, 3.63) is 60.2 Å². The molecule has 0 aliphatic heterocycles. The molecule has 0 radical (unpaired) electrons. The predicted molar refractivity (Wildman–Crippen MR) is 63.2 cm³/mol. The van der Waals surface area contributed by atoms with Gasteiger partial charge in [-0.1, -0.05) is 36.4 Å². The largest absolute Gasteiger partial charge is 0.504 e. The number of carbonyl (C=O) groups is 1. The van der Waals surface area contributed by atoms with Crippen molar-refractivity contribution in [3.8, 4) is 11.5 Å². The summed E-state index contributed by atoms with van der Waals surface area (Å²) in [5, 5.41) is 26.0. The maximum atomic E-state index is 10.3. The molecule has 0 saturated heterocycles. The molecule has 88 valence electrons. The van der Waals surface area contributed by atoms with Gasteiger partial charge in [0.25, 0.3) is 0 Å². The van der Waals surface area contributed by atoms with E-state index in [4.69, 9.17) is 15.3 Å². The number of phenolic OH excluding ortho intramolecular Hbond substituents is 2. The lowest BCUT2D eigenvalue weighted by atomic mass is 10.2. The van der Waals surface area contributed by atoms with E-state index in [1.807, 2.05) is 36.4 Å². The first kappa shape index (κ1) is 12.6. The normalized spacial score (nSPS) is 8.94. The minimum absolute atomic E-state index is 0.0553. The van der Waals surface area contributed by atoms with Crippen LogP contribution in [-0.2, 0) is 0 Å². The number of rotatable bonds is 1. The summed E-state index contributed by atoms with van der Waals surface area (Å²) in [6.07, 6.45) is 0. The maximum absolute atomic E-state index is 10.3. The van der Waals surface area contributed by atoms with Crippen LogP contribution in [0, 0.1) is 0 Å². The molecule has 2 aromatic carbocycles. The molecule has 0 fully saturated rings. The van der Waals surface area contributed by atoms with E-state index in [1.165, 1.54) is 6.07 Å². The van der Waals surface area contributed by atoms with Gasteiger partial charge in [0.1, 0.15) is 0 Å². The van der Waals surface area contributed by atoms with Gasteiger partial charge in [0, 0.05) is 0 Å². The molecule has 0 saturated carbocycles. The number of carboxylic acids is 1. The van der Waals surface area contributed by atoms with E-state index in [0.29, 0.717) is 0 Å². The summed E-state index contributed by atoms with van der Waals surface area (Å²) < 4.78 is 0. The standard InChI is InChI=1S/C7H6O4.C6H6/c8-5-2-1-4(7(10)11)3-6(5)9;1-2-4-6-5-3-1/h1-3,8-9H,(H,10,11);1-6H. The van der Waals surface area contributed by atoms with Gasteiger partial charge in [0.15, 0.2) is 11.5 Å². The van der Waals surface area contributed by atoms with E-state index in [2.05, 4.69) is 0 Å². The SMILES string of the molecule is O=C(O)c1ccc(O)c(O)c1.c1ccccc1. The van der Waals surface area contributed by atoms with E-state index in [9.17, 15) is 4.79 Å². The number of carboxylic acid groups (broad SMARTS) is 1. The zero-order valence-electron chi connectivity index (χ0n) is 8.95. The second-order valence-corrected chi connectivity index (χ2v) is 3.16. The van der Waals surface area contributed by atoms with Crippen molar-refractivity contribution in [1.29, 1.82) is 0 Å². The van der Waals surface area contributed by atoms with E-state index in [-0.39, 0.29) is 11.3 Å². The molecule has 0 aliphatic rings. The van der Waals surface area contributed by atoms with Crippen LogP contribution < -0.4 is 0 Å². The Bertz CT molecular complexity index is 453. The third kappa shape index (κ3) is 4.25. The molecular weight excluding hydrogens is 220 g/mol. The monoisotopic (exact) mass is 232 g/mol. The zero-order chi connectivity index (χ0) is 12.7. The van der Waals surface area contributed by atoms with Crippen LogP contribution in [0.3, 0.4) is 0 Å². The molecule has 0 heterocycles. The Morgan fingerprint density at radius 3 is 1.65 bits per heavy atom. The van der Waals surface area contributed by atoms with Crippen molar-refractivity contribution >= 4 is 5.97 Å². The summed E-state index contributed by atoms with van der Waals surface area (Å²) in [5.74, 6) is -1.89. The Hall–Kier alpha value is -2.49. The predicted octanol–water partition coefficient (Wildman–Crippen LogP) is 2.48. The Morgan fingerprint density at radius 1 is 0.824 bits per heavy atom. The molecule has 0 unspecified atom stereocenters. The van der Waals surface area contributed by atoms with Crippen molar-refractivity contribution in [3.63, 3.8) is 0 Å². The number of phenols is 2. The molecule has 4 heteroatoms. The van der Waals surface area contributed by atoms with Gasteiger partial charge in [-0.25, -0.2) is 4.79 Å². The highest BCUT2D eigenvalue weighted by atomic mass is 16.4. The molecule has 0 atom stereocenters. The maximum Gasteiger partial charge on any atom is 0.335 e. The molecule has 0 amide bonds. The van der Waals surface area contributed by atoms with Crippen LogP contribution in [-0.4, -0.2) is 21.3 Å². The lowest BCUT2D eigenvalue weighted by Gasteiger charge is -1.97.